The van der Waals surface area contributed by atoms with Gasteiger partial charge < -0.3 is 13.9 Å². The number of oxazole rings is 1. The molecule has 3 aromatic rings. The normalized spacial score (nSPS) is 13.5. The van der Waals surface area contributed by atoms with Gasteiger partial charge in [-0.2, -0.15) is 0 Å². The molecule has 8 heteroatoms. The maximum Gasteiger partial charge on any atom is 0.262 e. The van der Waals surface area contributed by atoms with E-state index in [0.29, 0.717) is 28.3 Å². The minimum atomic E-state index is -3.73. The summed E-state index contributed by atoms with van der Waals surface area (Å²) in [7, 11) is -3.73. The van der Waals surface area contributed by atoms with Crippen molar-refractivity contribution in [2.24, 2.45) is 0 Å². The molecule has 0 saturated carbocycles. The number of nitrogens with one attached hydrogen (secondary N) is 1. The molecule has 1 aliphatic heterocycles. The van der Waals surface area contributed by atoms with Crippen molar-refractivity contribution in [2.75, 3.05) is 11.5 Å². The molecule has 0 saturated heterocycles. The van der Waals surface area contributed by atoms with Crippen LogP contribution in [-0.2, 0) is 10.0 Å². The maximum atomic E-state index is 12.4. The molecule has 0 atom stereocenters. The van der Waals surface area contributed by atoms with Gasteiger partial charge in [0.1, 0.15) is 5.52 Å². The number of fused-ring (bicyclic) bond motifs is 2. The van der Waals surface area contributed by atoms with Crippen molar-refractivity contribution in [1.82, 2.24) is 4.98 Å². The first kappa shape index (κ1) is 13.0. The molecule has 2 heterocycles. The van der Waals surface area contributed by atoms with Crippen molar-refractivity contribution >= 4 is 26.8 Å². The Hall–Kier alpha value is -2.74. The van der Waals surface area contributed by atoms with Gasteiger partial charge in [0.2, 0.25) is 6.79 Å². The zero-order chi connectivity index (χ0) is 15.2. The van der Waals surface area contributed by atoms with Crippen LogP contribution in [0.3, 0.4) is 0 Å². The zero-order valence-electron chi connectivity index (χ0n) is 11.1. The van der Waals surface area contributed by atoms with Gasteiger partial charge in [-0.25, -0.2) is 13.4 Å². The van der Waals surface area contributed by atoms with Crippen LogP contribution in [0.2, 0.25) is 0 Å². The third-order valence-corrected chi connectivity index (χ3v) is 4.62. The van der Waals surface area contributed by atoms with Gasteiger partial charge in [0.05, 0.1) is 10.6 Å². The lowest BCUT2D eigenvalue weighted by Gasteiger charge is -2.08. The van der Waals surface area contributed by atoms with Gasteiger partial charge in [-0.1, -0.05) is 0 Å². The van der Waals surface area contributed by atoms with Crippen molar-refractivity contribution < 1.29 is 22.3 Å². The minimum absolute atomic E-state index is 0.0924. The lowest BCUT2D eigenvalue weighted by Crippen LogP contribution is -2.12. The van der Waals surface area contributed by atoms with Crippen molar-refractivity contribution in [1.29, 1.82) is 0 Å². The molecule has 4 rings (SSSR count). The zero-order valence-corrected chi connectivity index (χ0v) is 12.0. The van der Waals surface area contributed by atoms with Gasteiger partial charge in [0.15, 0.2) is 23.5 Å². The highest BCUT2D eigenvalue weighted by atomic mass is 32.2. The van der Waals surface area contributed by atoms with E-state index in [0.717, 1.165) is 0 Å². The largest absolute Gasteiger partial charge is 0.454 e. The third kappa shape index (κ3) is 2.13. The number of hydrogen-bond acceptors (Lipinski definition) is 6. The number of ether oxygens (including phenoxy) is 2. The van der Waals surface area contributed by atoms with E-state index in [-0.39, 0.29) is 11.7 Å². The standard InChI is InChI=1S/C14H10N2O5S/c17-22(18,10-2-4-13-14(6-10)21-8-20-13)16-9-1-3-12-11(5-9)15-7-19-12/h1-7,16H,8H2. The lowest BCUT2D eigenvalue weighted by atomic mass is 10.3. The van der Waals surface area contributed by atoms with Crippen LogP contribution in [0.15, 0.2) is 52.1 Å². The average molecular weight is 318 g/mol. The van der Waals surface area contributed by atoms with Crippen molar-refractivity contribution in [3.05, 3.63) is 42.8 Å². The number of rotatable bonds is 3. The van der Waals surface area contributed by atoms with Gasteiger partial charge in [-0.3, -0.25) is 4.72 Å². The second kappa shape index (κ2) is 4.63. The summed E-state index contributed by atoms with van der Waals surface area (Å²) in [5, 5.41) is 0. The van der Waals surface area contributed by atoms with E-state index in [2.05, 4.69) is 9.71 Å². The van der Waals surface area contributed by atoms with Gasteiger partial charge in [-0.05, 0) is 30.3 Å². The first-order valence-electron chi connectivity index (χ1n) is 6.37. The van der Waals surface area contributed by atoms with Gasteiger partial charge in [0, 0.05) is 6.07 Å². The van der Waals surface area contributed by atoms with Gasteiger partial charge in [0.25, 0.3) is 10.0 Å². The fourth-order valence-electron chi connectivity index (χ4n) is 2.18. The van der Waals surface area contributed by atoms with Crippen molar-refractivity contribution in [3.8, 4) is 11.5 Å². The number of aromatic nitrogens is 1. The smallest absolute Gasteiger partial charge is 0.262 e. The summed E-state index contributed by atoms with van der Waals surface area (Å²) in [6.07, 6.45) is 1.31. The number of nitrogens with zero attached hydrogens (tertiary/aromatic N) is 1. The monoisotopic (exact) mass is 318 g/mol. The van der Waals surface area contributed by atoms with Crippen LogP contribution >= 0.6 is 0 Å². The Kier molecular flexibility index (Phi) is 2.73. The Balaban J connectivity index is 1.68. The van der Waals surface area contributed by atoms with E-state index in [1.54, 1.807) is 24.3 Å². The highest BCUT2D eigenvalue weighted by molar-refractivity contribution is 7.92. The fraction of sp³-hybridized carbons (Fsp3) is 0.0714. The van der Waals surface area contributed by atoms with Crippen LogP contribution in [-0.4, -0.2) is 20.2 Å². The Bertz CT molecular complexity index is 964. The van der Waals surface area contributed by atoms with Crippen molar-refractivity contribution in [2.45, 2.75) is 4.90 Å². The predicted molar refractivity (Wildman–Crippen MR) is 77.4 cm³/mol. The molecule has 1 aliphatic rings. The van der Waals surface area contributed by atoms with E-state index < -0.39 is 10.0 Å². The Morgan fingerprint density at radius 3 is 2.82 bits per heavy atom. The first-order chi connectivity index (χ1) is 10.6. The molecule has 1 N–H and O–H groups in total. The number of benzene rings is 2. The van der Waals surface area contributed by atoms with E-state index in [9.17, 15) is 8.42 Å². The summed E-state index contributed by atoms with van der Waals surface area (Å²) in [6, 6.07) is 9.32. The summed E-state index contributed by atoms with van der Waals surface area (Å²) >= 11 is 0. The van der Waals surface area contributed by atoms with Crippen LogP contribution in [0.4, 0.5) is 5.69 Å². The molecule has 0 radical (unpaired) electrons. The average Bonchev–Trinajstić information content (AvgIpc) is 3.14. The molecule has 0 bridgehead atoms. The van der Waals surface area contributed by atoms with Crippen LogP contribution < -0.4 is 14.2 Å². The molecule has 1 aromatic heterocycles. The molecule has 112 valence electrons. The molecule has 0 unspecified atom stereocenters. The summed E-state index contributed by atoms with van der Waals surface area (Å²) in [6.45, 7) is 0.0924. The molecule has 2 aromatic carbocycles. The molecule has 0 amide bonds. The molecular weight excluding hydrogens is 308 g/mol. The second-order valence-electron chi connectivity index (χ2n) is 4.66. The number of sulfonamides is 1. The first-order valence-corrected chi connectivity index (χ1v) is 7.86. The van der Waals surface area contributed by atoms with E-state index in [1.807, 2.05) is 0 Å². The molecular formula is C14H10N2O5S. The van der Waals surface area contributed by atoms with Crippen LogP contribution in [0.25, 0.3) is 11.1 Å². The highest BCUT2D eigenvalue weighted by Gasteiger charge is 2.20. The molecule has 22 heavy (non-hydrogen) atoms. The fourth-order valence-corrected chi connectivity index (χ4v) is 3.24. The summed E-state index contributed by atoms with van der Waals surface area (Å²) < 4.78 is 42.8. The summed E-state index contributed by atoms with van der Waals surface area (Å²) in [5.41, 5.74) is 1.57. The van der Waals surface area contributed by atoms with Crippen LogP contribution in [0, 0.1) is 0 Å². The molecule has 0 fully saturated rings. The third-order valence-electron chi connectivity index (χ3n) is 3.24. The predicted octanol–water partition coefficient (Wildman–Crippen LogP) is 2.36. The molecule has 0 spiro atoms. The lowest BCUT2D eigenvalue weighted by molar-refractivity contribution is 0.174. The Labute approximate surface area is 125 Å². The van der Waals surface area contributed by atoms with E-state index in [1.165, 1.54) is 18.5 Å². The summed E-state index contributed by atoms with van der Waals surface area (Å²) in [4.78, 5) is 4.09. The Morgan fingerprint density at radius 1 is 1.05 bits per heavy atom. The van der Waals surface area contributed by atoms with E-state index >= 15 is 0 Å². The van der Waals surface area contributed by atoms with Crippen molar-refractivity contribution in [3.63, 3.8) is 0 Å². The maximum absolute atomic E-state index is 12.4. The van der Waals surface area contributed by atoms with Crippen LogP contribution in [0.5, 0.6) is 11.5 Å². The SMILES string of the molecule is O=S(=O)(Nc1ccc2ocnc2c1)c1ccc2c(c1)OCO2. The quantitative estimate of drug-likeness (QED) is 0.797. The Morgan fingerprint density at radius 2 is 1.91 bits per heavy atom. The van der Waals surface area contributed by atoms with Crippen LogP contribution in [0.1, 0.15) is 0 Å². The highest BCUT2D eigenvalue weighted by Crippen LogP contribution is 2.34. The van der Waals surface area contributed by atoms with Gasteiger partial charge in [-0.15, -0.1) is 0 Å². The van der Waals surface area contributed by atoms with Gasteiger partial charge >= 0.3 is 0 Å². The second-order valence-corrected chi connectivity index (χ2v) is 6.34. The summed E-state index contributed by atoms with van der Waals surface area (Å²) in [5.74, 6) is 0.942. The minimum Gasteiger partial charge on any atom is -0.454 e. The van der Waals surface area contributed by atoms with E-state index in [4.69, 9.17) is 13.9 Å². The molecule has 7 nitrogen and oxygen atoms in total. The number of anilines is 1. The topological polar surface area (TPSA) is 90.7 Å². The number of hydrogen-bond donors (Lipinski definition) is 1. The molecule has 0 aliphatic carbocycles.